The lowest BCUT2D eigenvalue weighted by Crippen LogP contribution is -2.30. The summed E-state index contributed by atoms with van der Waals surface area (Å²) in [6.07, 6.45) is 8.18. The minimum atomic E-state index is 0.0313. The van der Waals surface area contributed by atoms with Crippen LogP contribution in [0.4, 0.5) is 5.69 Å². The number of nitrogens with one attached hydrogen (secondary N) is 2. The normalized spacial score (nSPS) is 10.3. The summed E-state index contributed by atoms with van der Waals surface area (Å²) in [5, 5.41) is 6.12. The predicted octanol–water partition coefficient (Wildman–Crippen LogP) is 4.36. The SMILES string of the molecule is CCCCCCCNC(=O)CNc1ccccc1OCCCC. The van der Waals surface area contributed by atoms with Gasteiger partial charge in [-0.3, -0.25) is 4.79 Å². The molecule has 0 fully saturated rings. The van der Waals surface area contributed by atoms with Crippen molar-refractivity contribution >= 4 is 11.6 Å². The maximum absolute atomic E-state index is 11.9. The van der Waals surface area contributed by atoms with Gasteiger partial charge in [-0.25, -0.2) is 0 Å². The molecule has 1 amide bonds. The fourth-order valence-electron chi connectivity index (χ4n) is 2.26. The third kappa shape index (κ3) is 9.11. The van der Waals surface area contributed by atoms with Gasteiger partial charge in [0.15, 0.2) is 0 Å². The van der Waals surface area contributed by atoms with Crippen LogP contribution < -0.4 is 15.4 Å². The molecule has 0 aliphatic carbocycles. The molecule has 2 N–H and O–H groups in total. The van der Waals surface area contributed by atoms with Gasteiger partial charge in [-0.2, -0.15) is 0 Å². The fourth-order valence-corrected chi connectivity index (χ4v) is 2.26. The number of hydrogen-bond acceptors (Lipinski definition) is 3. The van der Waals surface area contributed by atoms with E-state index in [2.05, 4.69) is 24.5 Å². The lowest BCUT2D eigenvalue weighted by Gasteiger charge is -2.13. The van der Waals surface area contributed by atoms with Crippen molar-refractivity contribution in [3.8, 4) is 5.75 Å². The van der Waals surface area contributed by atoms with Crippen molar-refractivity contribution in [3.05, 3.63) is 24.3 Å². The molecule has 23 heavy (non-hydrogen) atoms. The summed E-state index contributed by atoms with van der Waals surface area (Å²) in [4.78, 5) is 11.9. The highest BCUT2D eigenvalue weighted by Gasteiger charge is 2.05. The van der Waals surface area contributed by atoms with Crippen molar-refractivity contribution in [3.63, 3.8) is 0 Å². The van der Waals surface area contributed by atoms with Crippen LogP contribution in [-0.2, 0) is 4.79 Å². The smallest absolute Gasteiger partial charge is 0.239 e. The molecule has 0 radical (unpaired) electrons. The van der Waals surface area contributed by atoms with Crippen molar-refractivity contribution in [2.24, 2.45) is 0 Å². The molecular formula is C19H32N2O2. The Kier molecular flexibility index (Phi) is 10.8. The maximum atomic E-state index is 11.9. The average molecular weight is 320 g/mol. The van der Waals surface area contributed by atoms with Crippen molar-refractivity contribution in [1.82, 2.24) is 5.32 Å². The number of anilines is 1. The molecule has 1 rings (SSSR count). The summed E-state index contributed by atoms with van der Waals surface area (Å²) in [5.74, 6) is 0.845. The van der Waals surface area contributed by atoms with Gasteiger partial charge in [-0.1, -0.05) is 58.1 Å². The number of ether oxygens (including phenoxy) is 1. The second-order valence-corrected chi connectivity index (χ2v) is 5.82. The molecule has 1 aromatic carbocycles. The van der Waals surface area contributed by atoms with E-state index in [9.17, 15) is 4.79 Å². The third-order valence-corrected chi connectivity index (χ3v) is 3.68. The summed E-state index contributed by atoms with van der Waals surface area (Å²) in [7, 11) is 0. The van der Waals surface area contributed by atoms with Gasteiger partial charge >= 0.3 is 0 Å². The molecule has 0 saturated heterocycles. The molecule has 1 aromatic rings. The van der Waals surface area contributed by atoms with E-state index in [1.165, 1.54) is 25.7 Å². The Bertz CT molecular complexity index is 435. The van der Waals surface area contributed by atoms with Gasteiger partial charge in [0.1, 0.15) is 5.75 Å². The monoisotopic (exact) mass is 320 g/mol. The fraction of sp³-hybridized carbons (Fsp3) is 0.632. The van der Waals surface area contributed by atoms with Crippen molar-refractivity contribution < 1.29 is 9.53 Å². The van der Waals surface area contributed by atoms with Crippen LogP contribution in [0, 0.1) is 0 Å². The standard InChI is InChI=1S/C19H32N2O2/c1-3-5-7-8-11-14-20-19(22)16-21-17-12-9-10-13-18(17)23-15-6-4-2/h9-10,12-13,21H,3-8,11,14-16H2,1-2H3,(H,20,22). The Morgan fingerprint density at radius 3 is 2.52 bits per heavy atom. The summed E-state index contributed by atoms with van der Waals surface area (Å²) >= 11 is 0. The van der Waals surface area contributed by atoms with Crippen LogP contribution in [-0.4, -0.2) is 25.6 Å². The molecule has 0 spiro atoms. The van der Waals surface area contributed by atoms with E-state index >= 15 is 0 Å². The first kappa shape index (κ1) is 19.3. The van der Waals surface area contributed by atoms with Gasteiger partial charge in [0.2, 0.25) is 5.91 Å². The number of carbonyl (C=O) groups is 1. The molecule has 0 aromatic heterocycles. The zero-order valence-electron chi connectivity index (χ0n) is 14.7. The minimum Gasteiger partial charge on any atom is -0.491 e. The summed E-state index contributed by atoms with van der Waals surface area (Å²) < 4.78 is 5.75. The van der Waals surface area contributed by atoms with Gasteiger partial charge in [0, 0.05) is 6.54 Å². The number of carbonyl (C=O) groups excluding carboxylic acids is 1. The van der Waals surface area contributed by atoms with Crippen LogP contribution in [0.1, 0.15) is 58.8 Å². The van der Waals surface area contributed by atoms with Crippen LogP contribution in [0.15, 0.2) is 24.3 Å². The number of unbranched alkanes of at least 4 members (excludes halogenated alkanes) is 5. The van der Waals surface area contributed by atoms with Gasteiger partial charge in [0.05, 0.1) is 18.8 Å². The van der Waals surface area contributed by atoms with E-state index in [1.807, 2.05) is 24.3 Å². The average Bonchev–Trinajstić information content (AvgIpc) is 2.57. The molecule has 4 heteroatoms. The quantitative estimate of drug-likeness (QED) is 0.531. The number of hydrogen-bond donors (Lipinski definition) is 2. The summed E-state index contributed by atoms with van der Waals surface area (Å²) in [6, 6.07) is 7.77. The molecule has 0 aliphatic rings. The van der Waals surface area contributed by atoms with Crippen molar-refractivity contribution in [2.45, 2.75) is 58.8 Å². The van der Waals surface area contributed by atoms with Gasteiger partial charge < -0.3 is 15.4 Å². The Hall–Kier alpha value is -1.71. The number of benzene rings is 1. The first-order valence-corrected chi connectivity index (χ1v) is 9.00. The van der Waals surface area contributed by atoms with Gasteiger partial charge in [-0.05, 0) is 25.0 Å². The summed E-state index contributed by atoms with van der Waals surface area (Å²) in [5.41, 5.74) is 0.877. The van der Waals surface area contributed by atoms with E-state index in [-0.39, 0.29) is 12.5 Å². The number of rotatable bonds is 13. The Labute approximate surface area is 141 Å². The molecular weight excluding hydrogens is 288 g/mol. The molecule has 0 atom stereocenters. The van der Waals surface area contributed by atoms with E-state index in [4.69, 9.17) is 4.74 Å². The molecule has 0 aliphatic heterocycles. The predicted molar refractivity (Wildman–Crippen MR) is 97.1 cm³/mol. The second-order valence-electron chi connectivity index (χ2n) is 5.82. The Morgan fingerprint density at radius 2 is 1.74 bits per heavy atom. The van der Waals surface area contributed by atoms with Crippen LogP contribution in [0.5, 0.6) is 5.75 Å². The summed E-state index contributed by atoms with van der Waals surface area (Å²) in [6.45, 7) is 6.10. The largest absolute Gasteiger partial charge is 0.491 e. The maximum Gasteiger partial charge on any atom is 0.239 e. The van der Waals surface area contributed by atoms with Crippen LogP contribution >= 0.6 is 0 Å². The highest BCUT2D eigenvalue weighted by atomic mass is 16.5. The highest BCUT2D eigenvalue weighted by molar-refractivity contribution is 5.81. The van der Waals surface area contributed by atoms with Crippen LogP contribution in [0.25, 0.3) is 0 Å². The lowest BCUT2D eigenvalue weighted by molar-refractivity contribution is -0.119. The molecule has 0 unspecified atom stereocenters. The van der Waals surface area contributed by atoms with Crippen molar-refractivity contribution in [1.29, 1.82) is 0 Å². The lowest BCUT2D eigenvalue weighted by atomic mass is 10.1. The Morgan fingerprint density at radius 1 is 1.00 bits per heavy atom. The highest BCUT2D eigenvalue weighted by Crippen LogP contribution is 2.23. The molecule has 130 valence electrons. The molecule has 0 heterocycles. The van der Waals surface area contributed by atoms with Crippen molar-refractivity contribution in [2.75, 3.05) is 25.0 Å². The first-order chi connectivity index (χ1) is 11.3. The first-order valence-electron chi connectivity index (χ1n) is 9.00. The topological polar surface area (TPSA) is 50.4 Å². The van der Waals surface area contributed by atoms with E-state index in [0.29, 0.717) is 6.61 Å². The third-order valence-electron chi connectivity index (χ3n) is 3.68. The molecule has 0 saturated carbocycles. The van der Waals surface area contributed by atoms with Crippen LogP contribution in [0.2, 0.25) is 0 Å². The van der Waals surface area contributed by atoms with Gasteiger partial charge in [0.25, 0.3) is 0 Å². The number of amides is 1. The molecule has 4 nitrogen and oxygen atoms in total. The minimum absolute atomic E-state index is 0.0313. The van der Waals surface area contributed by atoms with E-state index < -0.39 is 0 Å². The number of para-hydroxylation sites is 2. The second kappa shape index (κ2) is 12.8. The van der Waals surface area contributed by atoms with E-state index in [1.54, 1.807) is 0 Å². The Balaban J connectivity index is 2.24. The van der Waals surface area contributed by atoms with Crippen LogP contribution in [0.3, 0.4) is 0 Å². The molecule has 0 bridgehead atoms. The van der Waals surface area contributed by atoms with E-state index in [0.717, 1.165) is 37.2 Å². The zero-order chi connectivity index (χ0) is 16.8. The zero-order valence-corrected chi connectivity index (χ0v) is 14.7. The van der Waals surface area contributed by atoms with Gasteiger partial charge in [-0.15, -0.1) is 0 Å².